The van der Waals surface area contributed by atoms with Crippen LogP contribution in [0.1, 0.15) is 24.8 Å². The molecule has 1 unspecified atom stereocenters. The molecular weight excluding hydrogens is 238 g/mol. The number of benzene rings is 1. The predicted molar refractivity (Wildman–Crippen MR) is 77.2 cm³/mol. The molecule has 1 fully saturated rings. The molecule has 102 valence electrons. The Morgan fingerprint density at radius 2 is 2.05 bits per heavy atom. The third kappa shape index (κ3) is 4.59. The van der Waals surface area contributed by atoms with Crippen molar-refractivity contribution in [1.29, 1.82) is 0 Å². The van der Waals surface area contributed by atoms with Gasteiger partial charge in [0.1, 0.15) is 6.61 Å². The second-order valence-corrected chi connectivity index (χ2v) is 4.85. The molecule has 1 atom stereocenters. The Hall–Kier alpha value is -1.50. The smallest absolute Gasteiger partial charge is 0.158 e. The monoisotopic (exact) mass is 259 g/mol. The molecule has 1 heterocycles. The van der Waals surface area contributed by atoms with Gasteiger partial charge in [-0.2, -0.15) is 0 Å². The summed E-state index contributed by atoms with van der Waals surface area (Å²) in [4.78, 5) is 2.07. The number of anilines is 1. The molecular formula is C16H21NO2. The van der Waals surface area contributed by atoms with Crippen LogP contribution in [0, 0.1) is 11.8 Å². The average Bonchev–Trinajstić information content (AvgIpc) is 2.45. The first-order valence-electron chi connectivity index (χ1n) is 6.75. The van der Waals surface area contributed by atoms with Gasteiger partial charge >= 0.3 is 0 Å². The molecule has 0 bridgehead atoms. The Morgan fingerprint density at radius 1 is 1.26 bits per heavy atom. The topological polar surface area (TPSA) is 21.7 Å². The van der Waals surface area contributed by atoms with E-state index in [0.29, 0.717) is 6.61 Å². The first-order chi connectivity index (χ1) is 9.25. The van der Waals surface area contributed by atoms with Crippen molar-refractivity contribution in [3.05, 3.63) is 29.8 Å². The highest BCUT2D eigenvalue weighted by Crippen LogP contribution is 2.13. The van der Waals surface area contributed by atoms with Crippen molar-refractivity contribution in [1.82, 2.24) is 0 Å². The van der Waals surface area contributed by atoms with Crippen LogP contribution in [0.4, 0.5) is 5.69 Å². The second-order valence-electron chi connectivity index (χ2n) is 4.85. The van der Waals surface area contributed by atoms with E-state index in [1.54, 1.807) is 0 Å². The highest BCUT2D eigenvalue weighted by atomic mass is 16.7. The summed E-state index contributed by atoms with van der Waals surface area (Å²) in [5.41, 5.74) is 2.19. The maximum atomic E-state index is 5.56. The lowest BCUT2D eigenvalue weighted by atomic mass is 10.2. The van der Waals surface area contributed by atoms with Crippen molar-refractivity contribution in [3.8, 4) is 11.8 Å². The third-order valence-corrected chi connectivity index (χ3v) is 3.10. The fraction of sp³-hybridized carbons (Fsp3) is 0.500. The van der Waals surface area contributed by atoms with Crippen LogP contribution in [0.15, 0.2) is 24.3 Å². The molecule has 1 aromatic carbocycles. The summed E-state index contributed by atoms with van der Waals surface area (Å²) >= 11 is 0. The summed E-state index contributed by atoms with van der Waals surface area (Å²) in [5.74, 6) is 6.13. The normalized spacial score (nSPS) is 18.5. The number of hydrogen-bond donors (Lipinski definition) is 0. The lowest BCUT2D eigenvalue weighted by Crippen LogP contribution is -2.22. The van der Waals surface area contributed by atoms with E-state index in [1.807, 2.05) is 26.2 Å². The second kappa shape index (κ2) is 7.18. The minimum absolute atomic E-state index is 0.0563. The molecule has 0 radical (unpaired) electrons. The molecule has 0 amide bonds. The van der Waals surface area contributed by atoms with Crippen molar-refractivity contribution in [2.45, 2.75) is 25.6 Å². The molecule has 3 heteroatoms. The van der Waals surface area contributed by atoms with Crippen molar-refractivity contribution >= 4 is 5.69 Å². The van der Waals surface area contributed by atoms with Crippen LogP contribution in [-0.2, 0) is 9.47 Å². The zero-order valence-corrected chi connectivity index (χ0v) is 11.7. The Morgan fingerprint density at radius 3 is 2.68 bits per heavy atom. The van der Waals surface area contributed by atoms with Crippen LogP contribution in [0.2, 0.25) is 0 Å². The van der Waals surface area contributed by atoms with Crippen LogP contribution >= 0.6 is 0 Å². The van der Waals surface area contributed by atoms with Crippen LogP contribution in [-0.4, -0.2) is 33.6 Å². The maximum Gasteiger partial charge on any atom is 0.158 e. The first-order valence-corrected chi connectivity index (χ1v) is 6.75. The summed E-state index contributed by atoms with van der Waals surface area (Å²) in [5, 5.41) is 0. The van der Waals surface area contributed by atoms with Gasteiger partial charge in [0.15, 0.2) is 6.29 Å². The average molecular weight is 259 g/mol. The zero-order valence-electron chi connectivity index (χ0n) is 11.7. The summed E-state index contributed by atoms with van der Waals surface area (Å²) in [7, 11) is 4.05. The molecule has 1 saturated heterocycles. The SMILES string of the molecule is CN(C)c1ccc(C#CCOC2CCCCO2)cc1. The Labute approximate surface area is 115 Å². The molecule has 3 nitrogen and oxygen atoms in total. The standard InChI is InChI=1S/C16H21NO2/c1-17(2)15-10-8-14(9-11-15)6-5-13-19-16-7-3-4-12-18-16/h8-11,16H,3-4,7,12-13H2,1-2H3. The van der Waals surface area contributed by atoms with Crippen molar-refractivity contribution in [3.63, 3.8) is 0 Å². The van der Waals surface area contributed by atoms with Gasteiger partial charge < -0.3 is 14.4 Å². The molecule has 1 aliphatic heterocycles. The van der Waals surface area contributed by atoms with Gasteiger partial charge in [-0.15, -0.1) is 0 Å². The fourth-order valence-corrected chi connectivity index (χ4v) is 1.96. The van der Waals surface area contributed by atoms with Crippen LogP contribution < -0.4 is 4.90 Å². The summed E-state index contributed by atoms with van der Waals surface area (Å²) in [6.45, 7) is 1.24. The van der Waals surface area contributed by atoms with Crippen LogP contribution in [0.25, 0.3) is 0 Å². The van der Waals surface area contributed by atoms with Crippen LogP contribution in [0.5, 0.6) is 0 Å². The van der Waals surface area contributed by atoms with Gasteiger partial charge in [0.2, 0.25) is 0 Å². The van der Waals surface area contributed by atoms with Crippen molar-refractivity contribution in [2.75, 3.05) is 32.2 Å². The van der Waals surface area contributed by atoms with E-state index in [9.17, 15) is 0 Å². The summed E-state index contributed by atoms with van der Waals surface area (Å²) in [6, 6.07) is 8.18. The molecule has 19 heavy (non-hydrogen) atoms. The Kier molecular flexibility index (Phi) is 5.26. The number of ether oxygens (including phenoxy) is 2. The van der Waals surface area contributed by atoms with Crippen molar-refractivity contribution < 1.29 is 9.47 Å². The van der Waals surface area contributed by atoms with E-state index >= 15 is 0 Å². The molecule has 1 aromatic rings. The molecule has 2 rings (SSSR count). The van der Waals surface area contributed by atoms with Gasteiger partial charge in [-0.05, 0) is 43.5 Å². The van der Waals surface area contributed by atoms with E-state index < -0.39 is 0 Å². The largest absolute Gasteiger partial charge is 0.378 e. The fourth-order valence-electron chi connectivity index (χ4n) is 1.96. The molecule has 0 saturated carbocycles. The van der Waals surface area contributed by atoms with E-state index in [4.69, 9.17) is 9.47 Å². The Balaban J connectivity index is 1.79. The highest BCUT2D eigenvalue weighted by molar-refractivity contribution is 5.49. The van der Waals surface area contributed by atoms with Gasteiger partial charge in [0.25, 0.3) is 0 Å². The molecule has 0 aromatic heterocycles. The van der Waals surface area contributed by atoms with E-state index in [1.165, 1.54) is 12.1 Å². The van der Waals surface area contributed by atoms with Gasteiger partial charge in [-0.25, -0.2) is 0 Å². The van der Waals surface area contributed by atoms with Crippen LogP contribution in [0.3, 0.4) is 0 Å². The predicted octanol–water partition coefficient (Wildman–Crippen LogP) is 2.65. The zero-order chi connectivity index (χ0) is 13.5. The first kappa shape index (κ1) is 13.9. The third-order valence-electron chi connectivity index (χ3n) is 3.10. The van der Waals surface area contributed by atoms with Gasteiger partial charge in [-0.3, -0.25) is 0 Å². The quantitative estimate of drug-likeness (QED) is 0.779. The highest BCUT2D eigenvalue weighted by Gasteiger charge is 2.12. The van der Waals surface area contributed by atoms with Gasteiger partial charge in [0, 0.05) is 32.0 Å². The number of hydrogen-bond acceptors (Lipinski definition) is 3. The van der Waals surface area contributed by atoms with E-state index in [-0.39, 0.29) is 6.29 Å². The molecule has 1 aliphatic rings. The number of nitrogens with zero attached hydrogens (tertiary/aromatic N) is 1. The minimum Gasteiger partial charge on any atom is -0.378 e. The minimum atomic E-state index is -0.0563. The van der Waals surface area contributed by atoms with Gasteiger partial charge in [-0.1, -0.05) is 11.8 Å². The molecule has 0 N–H and O–H groups in total. The van der Waals surface area contributed by atoms with Gasteiger partial charge in [0.05, 0.1) is 0 Å². The molecule has 0 aliphatic carbocycles. The summed E-state index contributed by atoms with van der Waals surface area (Å²) < 4.78 is 11.0. The summed E-state index contributed by atoms with van der Waals surface area (Å²) in [6.07, 6.45) is 3.26. The lowest BCUT2D eigenvalue weighted by molar-refractivity contribution is -0.154. The van der Waals surface area contributed by atoms with Crippen molar-refractivity contribution in [2.24, 2.45) is 0 Å². The maximum absolute atomic E-state index is 5.56. The Bertz CT molecular complexity index is 436. The lowest BCUT2D eigenvalue weighted by Gasteiger charge is -2.21. The number of rotatable bonds is 3. The van der Waals surface area contributed by atoms with E-state index in [0.717, 1.165) is 25.0 Å². The molecule has 0 spiro atoms. The van der Waals surface area contributed by atoms with E-state index in [2.05, 4.69) is 28.9 Å².